The number of benzene rings is 2. The molecule has 1 aromatic heterocycles. The first-order valence-corrected chi connectivity index (χ1v) is 10.5. The number of sulfonamides is 1. The van der Waals surface area contributed by atoms with Gasteiger partial charge in [0.2, 0.25) is 0 Å². The molecule has 3 rings (SSSR count). The molecule has 0 spiro atoms. The zero-order chi connectivity index (χ0) is 22.6. The zero-order valence-corrected chi connectivity index (χ0v) is 17.1. The van der Waals surface area contributed by atoms with Gasteiger partial charge in [0.1, 0.15) is 16.4 Å². The summed E-state index contributed by atoms with van der Waals surface area (Å²) in [6, 6.07) is 10.4. The molecule has 0 aliphatic rings. The van der Waals surface area contributed by atoms with Crippen LogP contribution in [-0.4, -0.2) is 39.1 Å². The Kier molecular flexibility index (Phi) is 6.66. The molecule has 0 saturated carbocycles. The van der Waals surface area contributed by atoms with Gasteiger partial charge in [-0.2, -0.15) is 8.78 Å². The average molecular weight is 451 g/mol. The summed E-state index contributed by atoms with van der Waals surface area (Å²) in [5.74, 6) is -0.532. The van der Waals surface area contributed by atoms with Crippen LogP contribution in [0, 0.1) is 0 Å². The molecular weight excluding hydrogens is 432 g/mol. The summed E-state index contributed by atoms with van der Waals surface area (Å²) >= 11 is 0. The number of nitrogens with two attached hydrogens (primary N) is 1. The highest BCUT2D eigenvalue weighted by molar-refractivity contribution is 7.90. The van der Waals surface area contributed by atoms with Crippen LogP contribution in [0.25, 0.3) is 10.9 Å². The van der Waals surface area contributed by atoms with Crippen LogP contribution in [0.1, 0.15) is 5.56 Å². The van der Waals surface area contributed by atoms with Crippen LogP contribution in [0.3, 0.4) is 0 Å². The molecule has 0 bridgehead atoms. The molecule has 0 saturated heterocycles. The van der Waals surface area contributed by atoms with Crippen LogP contribution < -0.4 is 19.9 Å². The minimum Gasteiger partial charge on any atom is -0.496 e. The monoisotopic (exact) mass is 451 g/mol. The lowest BCUT2D eigenvalue weighted by Gasteiger charge is -2.14. The molecular formula is C20H19F2N3O5S. The van der Waals surface area contributed by atoms with Crippen molar-refractivity contribution in [1.29, 1.82) is 0 Å². The molecule has 3 aromatic rings. The molecule has 11 heteroatoms. The predicted octanol–water partition coefficient (Wildman–Crippen LogP) is 2.22. The second-order valence-electron chi connectivity index (χ2n) is 6.47. The van der Waals surface area contributed by atoms with Crippen molar-refractivity contribution in [2.24, 2.45) is 5.73 Å². The Balaban J connectivity index is 1.76. The minimum atomic E-state index is -4.27. The number of alkyl halides is 2. The third-order valence-corrected chi connectivity index (χ3v) is 5.76. The van der Waals surface area contributed by atoms with Crippen molar-refractivity contribution in [1.82, 2.24) is 9.71 Å². The van der Waals surface area contributed by atoms with Crippen LogP contribution in [0.15, 0.2) is 59.6 Å². The SMILES string of the molecule is COc1ccc(S(=O)(=O)NC(=O)C(N)Cc2ccc(OC(F)F)cc2)c2ncccc12. The molecule has 0 aliphatic heterocycles. The van der Waals surface area contributed by atoms with Gasteiger partial charge in [-0.15, -0.1) is 0 Å². The Morgan fingerprint density at radius 3 is 2.52 bits per heavy atom. The fraction of sp³-hybridized carbons (Fsp3) is 0.200. The number of carbonyl (C=O) groups excluding carboxylic acids is 1. The number of ether oxygens (including phenoxy) is 2. The number of nitrogens with zero attached hydrogens (tertiary/aromatic N) is 1. The van der Waals surface area contributed by atoms with Gasteiger partial charge in [0.15, 0.2) is 0 Å². The van der Waals surface area contributed by atoms with Gasteiger partial charge in [-0.3, -0.25) is 9.78 Å². The van der Waals surface area contributed by atoms with E-state index in [-0.39, 0.29) is 22.6 Å². The fourth-order valence-electron chi connectivity index (χ4n) is 2.93. The second kappa shape index (κ2) is 9.23. The highest BCUT2D eigenvalue weighted by atomic mass is 32.2. The predicted molar refractivity (Wildman–Crippen MR) is 108 cm³/mol. The number of aromatic nitrogens is 1. The lowest BCUT2D eigenvalue weighted by molar-refractivity contribution is -0.120. The molecule has 8 nitrogen and oxygen atoms in total. The molecule has 0 aliphatic carbocycles. The quantitative estimate of drug-likeness (QED) is 0.539. The van der Waals surface area contributed by atoms with E-state index in [1.165, 1.54) is 49.7 Å². The Hall–Kier alpha value is -3.31. The van der Waals surface area contributed by atoms with E-state index in [0.717, 1.165) is 0 Å². The molecule has 3 N–H and O–H groups in total. The summed E-state index contributed by atoms with van der Waals surface area (Å²) in [7, 11) is -2.82. The van der Waals surface area contributed by atoms with E-state index in [2.05, 4.69) is 9.72 Å². The standard InChI is InChI=1S/C20H19F2N3O5S/c1-29-16-8-9-17(18-14(16)3-2-10-24-18)31(27,28)25-19(26)15(23)11-12-4-6-13(7-5-12)30-20(21)22/h2-10,15,20H,11,23H2,1H3,(H,25,26). The number of rotatable bonds is 8. The molecule has 2 aromatic carbocycles. The summed E-state index contributed by atoms with van der Waals surface area (Å²) in [4.78, 5) is 16.3. The van der Waals surface area contributed by atoms with Crippen molar-refractivity contribution in [2.45, 2.75) is 24.0 Å². The summed E-state index contributed by atoms with van der Waals surface area (Å²) in [5, 5.41) is 0.468. The Morgan fingerprint density at radius 1 is 1.16 bits per heavy atom. The molecule has 164 valence electrons. The molecule has 1 heterocycles. The van der Waals surface area contributed by atoms with Gasteiger partial charge in [0.05, 0.1) is 18.7 Å². The van der Waals surface area contributed by atoms with Crippen LogP contribution >= 0.6 is 0 Å². The number of nitrogens with one attached hydrogen (secondary N) is 1. The van der Waals surface area contributed by atoms with Crippen molar-refractivity contribution in [3.8, 4) is 11.5 Å². The summed E-state index contributed by atoms with van der Waals surface area (Å²) in [6.45, 7) is -2.95. The van der Waals surface area contributed by atoms with E-state index in [4.69, 9.17) is 10.5 Å². The van der Waals surface area contributed by atoms with E-state index >= 15 is 0 Å². The molecule has 0 radical (unpaired) electrons. The minimum absolute atomic E-state index is 0.0160. The number of hydrogen-bond acceptors (Lipinski definition) is 7. The third kappa shape index (κ3) is 5.25. The van der Waals surface area contributed by atoms with Crippen LogP contribution in [0.2, 0.25) is 0 Å². The van der Waals surface area contributed by atoms with E-state index in [9.17, 15) is 22.0 Å². The number of pyridine rings is 1. The Bertz CT molecular complexity index is 1190. The summed E-state index contributed by atoms with van der Waals surface area (Å²) in [6.07, 6.45) is 1.41. The first kappa shape index (κ1) is 22.4. The number of fused-ring (bicyclic) bond motifs is 1. The van der Waals surface area contributed by atoms with Crippen molar-refractivity contribution in [3.05, 3.63) is 60.3 Å². The van der Waals surface area contributed by atoms with Gasteiger partial charge < -0.3 is 15.2 Å². The normalized spacial score (nSPS) is 12.5. The lowest BCUT2D eigenvalue weighted by Crippen LogP contribution is -2.44. The van der Waals surface area contributed by atoms with Crippen LogP contribution in [-0.2, 0) is 21.2 Å². The second-order valence-corrected chi connectivity index (χ2v) is 8.12. The highest BCUT2D eigenvalue weighted by Gasteiger charge is 2.25. The van der Waals surface area contributed by atoms with E-state index in [1.807, 2.05) is 4.72 Å². The maximum absolute atomic E-state index is 12.8. The van der Waals surface area contributed by atoms with Gasteiger partial charge in [-0.05, 0) is 48.4 Å². The number of carbonyl (C=O) groups is 1. The van der Waals surface area contributed by atoms with Crippen molar-refractivity contribution < 1.29 is 31.5 Å². The Morgan fingerprint density at radius 2 is 1.87 bits per heavy atom. The van der Waals surface area contributed by atoms with Gasteiger partial charge in [-0.25, -0.2) is 13.1 Å². The molecule has 1 amide bonds. The summed E-state index contributed by atoms with van der Waals surface area (Å²) < 4.78 is 61.5. The van der Waals surface area contributed by atoms with Crippen LogP contribution in [0.4, 0.5) is 8.78 Å². The topological polar surface area (TPSA) is 121 Å². The summed E-state index contributed by atoms with van der Waals surface area (Å²) in [5.41, 5.74) is 6.53. The molecule has 31 heavy (non-hydrogen) atoms. The van der Waals surface area contributed by atoms with Crippen LogP contribution in [0.5, 0.6) is 11.5 Å². The average Bonchev–Trinajstić information content (AvgIpc) is 2.73. The van der Waals surface area contributed by atoms with E-state index in [0.29, 0.717) is 16.7 Å². The molecule has 1 atom stereocenters. The van der Waals surface area contributed by atoms with Crippen molar-refractivity contribution in [2.75, 3.05) is 7.11 Å². The van der Waals surface area contributed by atoms with Crippen molar-refractivity contribution in [3.63, 3.8) is 0 Å². The first-order valence-electron chi connectivity index (χ1n) is 8.99. The number of methoxy groups -OCH3 is 1. The molecule has 1 unspecified atom stereocenters. The largest absolute Gasteiger partial charge is 0.496 e. The maximum Gasteiger partial charge on any atom is 0.387 e. The lowest BCUT2D eigenvalue weighted by atomic mass is 10.1. The zero-order valence-electron chi connectivity index (χ0n) is 16.3. The van der Waals surface area contributed by atoms with Crippen molar-refractivity contribution >= 4 is 26.8 Å². The third-order valence-electron chi connectivity index (χ3n) is 4.38. The highest BCUT2D eigenvalue weighted by Crippen LogP contribution is 2.29. The number of hydrogen-bond donors (Lipinski definition) is 2. The van der Waals surface area contributed by atoms with Gasteiger partial charge >= 0.3 is 6.61 Å². The Labute approximate surface area is 177 Å². The smallest absolute Gasteiger partial charge is 0.387 e. The van der Waals surface area contributed by atoms with Gasteiger partial charge in [0.25, 0.3) is 15.9 Å². The van der Waals surface area contributed by atoms with E-state index in [1.54, 1.807) is 12.1 Å². The number of halogens is 2. The molecule has 0 fully saturated rings. The van der Waals surface area contributed by atoms with Gasteiger partial charge in [-0.1, -0.05) is 12.1 Å². The van der Waals surface area contributed by atoms with Gasteiger partial charge in [0, 0.05) is 11.6 Å². The van der Waals surface area contributed by atoms with E-state index < -0.39 is 28.6 Å². The maximum atomic E-state index is 12.8. The fourth-order valence-corrected chi connectivity index (χ4v) is 4.12. The first-order chi connectivity index (χ1) is 14.7. The number of amides is 1.